The molecule has 0 saturated heterocycles. The molecule has 1 aromatic carbocycles. The van der Waals surface area contributed by atoms with Gasteiger partial charge in [-0.3, -0.25) is 9.99 Å². The first-order valence-electron chi connectivity index (χ1n) is 12.4. The lowest BCUT2D eigenvalue weighted by Gasteiger charge is -2.33. The second kappa shape index (κ2) is 11.1. The van der Waals surface area contributed by atoms with Crippen LogP contribution in [0.15, 0.2) is 42.4 Å². The van der Waals surface area contributed by atoms with Gasteiger partial charge >= 0.3 is 0 Å². The molecule has 1 aliphatic heterocycles. The minimum atomic E-state index is -1.19. The van der Waals surface area contributed by atoms with Crippen molar-refractivity contribution < 1.29 is 4.39 Å². The summed E-state index contributed by atoms with van der Waals surface area (Å²) in [5, 5.41) is 19.6. The second-order valence-electron chi connectivity index (χ2n) is 10.6. The molecule has 1 aromatic heterocycles. The van der Waals surface area contributed by atoms with Crippen LogP contribution in [0.1, 0.15) is 44.7 Å². The summed E-state index contributed by atoms with van der Waals surface area (Å²) < 4.78 is 13.7. The fraction of sp³-hybridized carbons (Fsp3) is 0.357. The van der Waals surface area contributed by atoms with Crippen molar-refractivity contribution in [3.8, 4) is 18.4 Å². The summed E-state index contributed by atoms with van der Waals surface area (Å²) in [7, 11) is 6.96. The molecule has 4 N–H and O–H groups in total. The van der Waals surface area contributed by atoms with E-state index >= 15 is 0 Å². The normalized spacial score (nSPS) is 18.1. The minimum Gasteiger partial charge on any atom is -0.383 e. The van der Waals surface area contributed by atoms with Crippen molar-refractivity contribution in [1.82, 2.24) is 26.3 Å². The number of pyridine rings is 1. The monoisotopic (exact) mass is 529 g/mol. The number of nitrogens with one attached hydrogen (secondary N) is 4. The second-order valence-corrected chi connectivity index (χ2v) is 11.0. The third kappa shape index (κ3) is 6.14. The van der Waals surface area contributed by atoms with Crippen molar-refractivity contribution in [3.63, 3.8) is 0 Å². The highest BCUT2D eigenvalue weighted by Crippen LogP contribution is 2.31. The molecule has 0 spiro atoms. The Morgan fingerprint density at radius 3 is 2.66 bits per heavy atom. The van der Waals surface area contributed by atoms with Crippen LogP contribution in [-0.2, 0) is 5.44 Å². The van der Waals surface area contributed by atoms with E-state index in [4.69, 9.17) is 25.9 Å². The zero-order chi connectivity index (χ0) is 27.5. The number of halogens is 2. The van der Waals surface area contributed by atoms with E-state index in [1.165, 1.54) is 18.3 Å². The van der Waals surface area contributed by atoms with Crippen LogP contribution in [-0.4, -0.2) is 37.0 Å². The van der Waals surface area contributed by atoms with Gasteiger partial charge < -0.3 is 16.1 Å². The standard InChI is InChI=1S/C28H30BClFN7/c1-5-23(30)26-22(25(18(14-32)15-33-26)34-17-27(2,3)4)12-13-35-28(29,19-6-8-20(31)9-7-19)24-16-38(37-36-24)21-10-11-21/h1,6-9,12,15-16,21,34-37H,10-11,13,17H2,2-4H3/b22-12-,26-23-/t28-/m0/s1. The zero-order valence-corrected chi connectivity index (χ0v) is 22.5. The molecular weight excluding hydrogens is 500 g/mol. The Morgan fingerprint density at radius 2 is 2.05 bits per heavy atom. The number of anilines is 1. The highest BCUT2D eigenvalue weighted by atomic mass is 35.5. The van der Waals surface area contributed by atoms with Crippen molar-refractivity contribution in [2.75, 3.05) is 18.4 Å². The van der Waals surface area contributed by atoms with E-state index in [2.05, 4.69) is 59.3 Å². The van der Waals surface area contributed by atoms with Crippen LogP contribution in [0.4, 0.5) is 10.1 Å². The molecule has 4 rings (SSSR count). The molecule has 2 heterocycles. The third-order valence-electron chi connectivity index (χ3n) is 6.31. The van der Waals surface area contributed by atoms with Gasteiger partial charge in [-0.15, -0.1) is 12.0 Å². The van der Waals surface area contributed by atoms with E-state index < -0.39 is 5.44 Å². The Kier molecular flexibility index (Phi) is 8.03. The van der Waals surface area contributed by atoms with E-state index in [0.717, 1.165) is 12.8 Å². The lowest BCUT2D eigenvalue weighted by Crippen LogP contribution is -2.50. The molecule has 1 atom stereocenters. The number of nitriles is 1. The van der Waals surface area contributed by atoms with Crippen LogP contribution in [0.3, 0.4) is 0 Å². The maximum Gasteiger partial charge on any atom is 0.123 e. The lowest BCUT2D eigenvalue weighted by atomic mass is 9.69. The minimum absolute atomic E-state index is 0.0542. The lowest BCUT2D eigenvalue weighted by molar-refractivity contribution is 0.259. The topological polar surface area (TPSA) is 88.0 Å². The average Bonchev–Trinajstić information content (AvgIpc) is 3.62. The number of hydrazine groups is 2. The molecule has 38 heavy (non-hydrogen) atoms. The van der Waals surface area contributed by atoms with Crippen molar-refractivity contribution >= 4 is 36.2 Å². The van der Waals surface area contributed by atoms with Gasteiger partial charge in [-0.25, -0.2) is 4.39 Å². The van der Waals surface area contributed by atoms with Crippen LogP contribution in [0.25, 0.3) is 11.1 Å². The Hall–Kier alpha value is -3.50. The quantitative estimate of drug-likeness (QED) is 0.308. The fourth-order valence-corrected chi connectivity index (χ4v) is 4.21. The van der Waals surface area contributed by atoms with Crippen molar-refractivity contribution in [1.29, 1.82) is 5.26 Å². The summed E-state index contributed by atoms with van der Waals surface area (Å²) in [4.78, 5) is 4.38. The number of aromatic nitrogens is 1. The number of benzene rings is 1. The number of hydrogen-bond acceptors (Lipinski definition) is 7. The number of hydrogen-bond donors (Lipinski definition) is 4. The van der Waals surface area contributed by atoms with E-state index in [1.807, 2.05) is 17.3 Å². The average molecular weight is 530 g/mol. The van der Waals surface area contributed by atoms with Gasteiger partial charge in [0.05, 0.1) is 22.3 Å². The maximum absolute atomic E-state index is 13.7. The van der Waals surface area contributed by atoms with Gasteiger partial charge in [0.25, 0.3) is 0 Å². The molecule has 0 bridgehead atoms. The van der Waals surface area contributed by atoms with Gasteiger partial charge in [-0.1, -0.05) is 56.5 Å². The van der Waals surface area contributed by atoms with E-state index in [-0.39, 0.29) is 22.8 Å². The summed E-state index contributed by atoms with van der Waals surface area (Å²) in [6, 6.07) is 8.64. The van der Waals surface area contributed by atoms with Crippen LogP contribution < -0.4 is 32.2 Å². The molecule has 194 valence electrons. The Morgan fingerprint density at radius 1 is 1.34 bits per heavy atom. The Balaban J connectivity index is 1.76. The number of rotatable bonds is 8. The van der Waals surface area contributed by atoms with Gasteiger partial charge in [-0.05, 0) is 36.0 Å². The van der Waals surface area contributed by atoms with Crippen LogP contribution in [0.5, 0.6) is 0 Å². The van der Waals surface area contributed by atoms with Gasteiger partial charge in [0.2, 0.25) is 0 Å². The maximum atomic E-state index is 13.7. The molecule has 0 unspecified atom stereocenters. The van der Waals surface area contributed by atoms with Gasteiger partial charge in [0.15, 0.2) is 0 Å². The van der Waals surface area contributed by atoms with Crippen LogP contribution in [0, 0.1) is 34.9 Å². The first kappa shape index (κ1) is 27.5. The number of terminal acetylenes is 1. The Bertz CT molecular complexity index is 1430. The highest BCUT2D eigenvalue weighted by Gasteiger charge is 2.37. The summed E-state index contributed by atoms with van der Waals surface area (Å²) in [5.74, 6) is 2.08. The third-order valence-corrected chi connectivity index (χ3v) is 6.59. The summed E-state index contributed by atoms with van der Waals surface area (Å²) in [6.07, 6.45) is 13.0. The van der Waals surface area contributed by atoms with Crippen LogP contribution >= 0.6 is 11.6 Å². The fourth-order valence-electron chi connectivity index (χ4n) is 4.06. The van der Waals surface area contributed by atoms with Gasteiger partial charge in [-0.2, -0.15) is 5.26 Å². The Labute approximate surface area is 229 Å². The van der Waals surface area contributed by atoms with E-state index in [1.54, 1.807) is 12.1 Å². The SMILES string of the molecule is [B][C@@](NC/C=c1/c(NCC(C)(C)C)c(C#N)cn/c1=C(\Cl)C#C)(C1=CN(C2CC2)NN1)c1ccc(F)cc1. The first-order chi connectivity index (χ1) is 18.1. The molecule has 0 amide bonds. The molecule has 7 nitrogen and oxygen atoms in total. The van der Waals surface area contributed by atoms with Crippen molar-refractivity contribution in [2.45, 2.75) is 45.1 Å². The van der Waals surface area contributed by atoms with Gasteiger partial charge in [0.1, 0.15) is 24.8 Å². The predicted octanol–water partition coefficient (Wildman–Crippen LogP) is 2.25. The van der Waals surface area contributed by atoms with Gasteiger partial charge in [0, 0.05) is 42.2 Å². The molecule has 1 saturated carbocycles. The molecule has 10 heteroatoms. The van der Waals surface area contributed by atoms with Crippen LogP contribution in [0.2, 0.25) is 0 Å². The first-order valence-corrected chi connectivity index (χ1v) is 12.8. The van der Waals surface area contributed by atoms with Crippen molar-refractivity contribution in [3.05, 3.63) is 69.9 Å². The summed E-state index contributed by atoms with van der Waals surface area (Å²) in [5.41, 5.74) is 7.34. The number of nitrogens with zero attached hydrogens (tertiary/aromatic N) is 3. The molecular formula is C28H30BClFN7. The molecule has 1 fully saturated rings. The smallest absolute Gasteiger partial charge is 0.123 e. The zero-order valence-electron chi connectivity index (χ0n) is 21.7. The largest absolute Gasteiger partial charge is 0.383 e. The van der Waals surface area contributed by atoms with E-state index in [9.17, 15) is 9.65 Å². The molecule has 1 aliphatic carbocycles. The predicted molar refractivity (Wildman–Crippen MR) is 150 cm³/mol. The molecule has 2 aromatic rings. The van der Waals surface area contributed by atoms with E-state index in [0.29, 0.717) is 45.7 Å². The summed E-state index contributed by atoms with van der Waals surface area (Å²) >= 11 is 6.36. The summed E-state index contributed by atoms with van der Waals surface area (Å²) in [6.45, 7) is 7.12. The highest BCUT2D eigenvalue weighted by molar-refractivity contribution is 6.48. The van der Waals surface area contributed by atoms with Crippen molar-refractivity contribution in [2.24, 2.45) is 5.41 Å². The molecule has 2 radical (unpaired) electrons. The molecule has 2 aliphatic rings.